The van der Waals surface area contributed by atoms with Gasteiger partial charge in [0.2, 0.25) is 11.0 Å². The van der Waals surface area contributed by atoms with Crippen LogP contribution in [-0.2, 0) is 4.79 Å². The first-order chi connectivity index (χ1) is 6.72. The molecule has 1 aromatic rings. The molecule has 1 amide bonds. The minimum Gasteiger partial charge on any atom is -0.360 e. The zero-order valence-electron chi connectivity index (χ0n) is 8.33. The van der Waals surface area contributed by atoms with Crippen LogP contribution in [0.1, 0.15) is 18.4 Å². The highest BCUT2D eigenvalue weighted by molar-refractivity contribution is 7.15. The molecular formula is C8H14N4OS. The van der Waals surface area contributed by atoms with E-state index in [-0.39, 0.29) is 5.91 Å². The third-order valence-corrected chi connectivity index (χ3v) is 2.32. The van der Waals surface area contributed by atoms with Gasteiger partial charge in [0.05, 0.1) is 0 Å². The van der Waals surface area contributed by atoms with Crippen molar-refractivity contribution in [2.75, 3.05) is 18.4 Å². The van der Waals surface area contributed by atoms with Crippen LogP contribution in [0.25, 0.3) is 0 Å². The molecule has 0 atom stereocenters. The first-order valence-corrected chi connectivity index (χ1v) is 5.34. The van der Waals surface area contributed by atoms with Gasteiger partial charge in [-0.25, -0.2) is 0 Å². The first-order valence-electron chi connectivity index (χ1n) is 4.53. The van der Waals surface area contributed by atoms with Gasteiger partial charge in [0, 0.05) is 19.5 Å². The van der Waals surface area contributed by atoms with Crippen LogP contribution in [0.3, 0.4) is 0 Å². The summed E-state index contributed by atoms with van der Waals surface area (Å²) in [4.78, 5) is 11.1. The summed E-state index contributed by atoms with van der Waals surface area (Å²) in [5.74, 6) is 0.0567. The number of carbonyl (C=O) groups excluding carboxylic acids is 1. The largest absolute Gasteiger partial charge is 0.360 e. The second-order valence-electron chi connectivity index (χ2n) is 2.76. The molecule has 0 saturated carbocycles. The number of amides is 1. The van der Waals surface area contributed by atoms with Gasteiger partial charge < -0.3 is 10.6 Å². The van der Waals surface area contributed by atoms with E-state index < -0.39 is 0 Å². The Bertz CT molecular complexity index is 299. The van der Waals surface area contributed by atoms with Crippen molar-refractivity contribution in [1.82, 2.24) is 15.5 Å². The van der Waals surface area contributed by atoms with Crippen LogP contribution in [0.4, 0.5) is 5.13 Å². The van der Waals surface area contributed by atoms with Crippen molar-refractivity contribution in [1.29, 1.82) is 0 Å². The molecule has 0 unspecified atom stereocenters. The fourth-order valence-electron chi connectivity index (χ4n) is 0.937. The Hall–Kier alpha value is -1.17. The summed E-state index contributed by atoms with van der Waals surface area (Å²) in [6.45, 7) is 5.07. The van der Waals surface area contributed by atoms with E-state index in [1.54, 1.807) is 0 Å². The molecule has 1 heterocycles. The van der Waals surface area contributed by atoms with E-state index in [1.165, 1.54) is 11.3 Å². The third kappa shape index (κ3) is 3.69. The summed E-state index contributed by atoms with van der Waals surface area (Å²) >= 11 is 1.49. The fourth-order valence-corrected chi connectivity index (χ4v) is 1.55. The average molecular weight is 214 g/mol. The van der Waals surface area contributed by atoms with Gasteiger partial charge >= 0.3 is 0 Å². The molecule has 5 nitrogen and oxygen atoms in total. The van der Waals surface area contributed by atoms with Gasteiger partial charge in [-0.15, -0.1) is 10.2 Å². The van der Waals surface area contributed by atoms with E-state index in [9.17, 15) is 4.79 Å². The maximum absolute atomic E-state index is 11.1. The second kappa shape index (κ2) is 5.54. The highest BCUT2D eigenvalue weighted by Crippen LogP contribution is 2.12. The number of hydrogen-bond acceptors (Lipinski definition) is 5. The Morgan fingerprint density at radius 2 is 2.29 bits per heavy atom. The molecule has 1 rings (SSSR count). The van der Waals surface area contributed by atoms with Crippen LogP contribution in [0.2, 0.25) is 0 Å². The van der Waals surface area contributed by atoms with Crippen molar-refractivity contribution in [3.8, 4) is 0 Å². The zero-order valence-corrected chi connectivity index (χ0v) is 9.15. The average Bonchev–Trinajstić information content (AvgIpc) is 2.52. The van der Waals surface area contributed by atoms with Crippen molar-refractivity contribution in [2.24, 2.45) is 0 Å². The van der Waals surface area contributed by atoms with E-state index in [0.29, 0.717) is 19.5 Å². The molecule has 78 valence electrons. The number of rotatable bonds is 5. The van der Waals surface area contributed by atoms with E-state index in [1.807, 2.05) is 13.8 Å². The molecule has 0 radical (unpaired) electrons. The smallest absolute Gasteiger partial charge is 0.221 e. The van der Waals surface area contributed by atoms with Gasteiger partial charge in [0.25, 0.3) is 0 Å². The predicted octanol–water partition coefficient (Wildman–Crippen LogP) is 0.785. The van der Waals surface area contributed by atoms with Crippen LogP contribution < -0.4 is 10.6 Å². The summed E-state index contributed by atoms with van der Waals surface area (Å²) in [5, 5.41) is 15.2. The molecule has 0 spiro atoms. The lowest BCUT2D eigenvalue weighted by atomic mass is 10.4. The molecule has 0 aliphatic rings. The number of aromatic nitrogens is 2. The van der Waals surface area contributed by atoms with Gasteiger partial charge in [-0.2, -0.15) is 0 Å². The molecule has 6 heteroatoms. The van der Waals surface area contributed by atoms with Gasteiger partial charge in [-0.05, 0) is 13.8 Å². The van der Waals surface area contributed by atoms with Gasteiger partial charge in [-0.3, -0.25) is 4.79 Å². The quantitative estimate of drug-likeness (QED) is 0.760. The third-order valence-electron chi connectivity index (χ3n) is 1.53. The van der Waals surface area contributed by atoms with Crippen LogP contribution in [0.5, 0.6) is 0 Å². The molecular weight excluding hydrogens is 200 g/mol. The Labute approximate surface area is 86.9 Å². The lowest BCUT2D eigenvalue weighted by Gasteiger charge is -2.01. The maximum Gasteiger partial charge on any atom is 0.221 e. The Kier molecular flexibility index (Phi) is 4.31. The highest BCUT2D eigenvalue weighted by atomic mass is 32.1. The van der Waals surface area contributed by atoms with Gasteiger partial charge in [0.1, 0.15) is 5.01 Å². The van der Waals surface area contributed by atoms with Crippen LogP contribution in [0.15, 0.2) is 0 Å². The monoisotopic (exact) mass is 214 g/mol. The van der Waals surface area contributed by atoms with Crippen molar-refractivity contribution >= 4 is 22.4 Å². The highest BCUT2D eigenvalue weighted by Gasteiger charge is 2.01. The molecule has 0 aliphatic carbocycles. The first kappa shape index (κ1) is 10.9. The normalized spacial score (nSPS) is 9.86. The van der Waals surface area contributed by atoms with Crippen LogP contribution >= 0.6 is 11.3 Å². The lowest BCUT2D eigenvalue weighted by molar-refractivity contribution is -0.120. The summed E-state index contributed by atoms with van der Waals surface area (Å²) in [7, 11) is 0. The molecule has 2 N–H and O–H groups in total. The summed E-state index contributed by atoms with van der Waals surface area (Å²) in [6.07, 6.45) is 0.465. The Balaban J connectivity index is 2.18. The van der Waals surface area contributed by atoms with Gasteiger partial charge in [-0.1, -0.05) is 11.3 Å². The van der Waals surface area contributed by atoms with Crippen molar-refractivity contribution in [2.45, 2.75) is 20.3 Å². The standard InChI is InChI=1S/C8H14N4OS/c1-3-9-7(13)4-5-10-8-12-11-6(2)14-8/h3-5H2,1-2H3,(H,9,13)(H,10,12). The Morgan fingerprint density at radius 3 is 2.86 bits per heavy atom. The Morgan fingerprint density at radius 1 is 1.50 bits per heavy atom. The maximum atomic E-state index is 11.1. The van der Waals surface area contributed by atoms with Crippen LogP contribution in [-0.4, -0.2) is 29.2 Å². The van der Waals surface area contributed by atoms with E-state index >= 15 is 0 Å². The van der Waals surface area contributed by atoms with Crippen LogP contribution in [0, 0.1) is 6.92 Å². The number of anilines is 1. The number of carbonyl (C=O) groups is 1. The molecule has 0 bridgehead atoms. The SMILES string of the molecule is CCNC(=O)CCNc1nnc(C)s1. The minimum atomic E-state index is 0.0567. The van der Waals surface area contributed by atoms with E-state index in [2.05, 4.69) is 20.8 Å². The number of nitrogens with one attached hydrogen (secondary N) is 2. The predicted molar refractivity (Wildman–Crippen MR) is 56.4 cm³/mol. The molecule has 0 aliphatic heterocycles. The van der Waals surface area contributed by atoms with Gasteiger partial charge in [0.15, 0.2) is 0 Å². The van der Waals surface area contributed by atoms with Crippen molar-refractivity contribution in [3.63, 3.8) is 0 Å². The summed E-state index contributed by atoms with van der Waals surface area (Å²) in [6, 6.07) is 0. The number of nitrogens with zero attached hydrogens (tertiary/aromatic N) is 2. The topological polar surface area (TPSA) is 66.9 Å². The molecule has 0 aromatic carbocycles. The molecule has 1 aromatic heterocycles. The van der Waals surface area contributed by atoms with E-state index in [0.717, 1.165) is 10.1 Å². The molecule has 0 saturated heterocycles. The minimum absolute atomic E-state index is 0.0567. The zero-order chi connectivity index (χ0) is 10.4. The summed E-state index contributed by atoms with van der Waals surface area (Å²) < 4.78 is 0. The number of aryl methyl sites for hydroxylation is 1. The van der Waals surface area contributed by atoms with E-state index in [4.69, 9.17) is 0 Å². The lowest BCUT2D eigenvalue weighted by Crippen LogP contribution is -2.24. The molecule has 14 heavy (non-hydrogen) atoms. The van der Waals surface area contributed by atoms with Crippen molar-refractivity contribution in [3.05, 3.63) is 5.01 Å². The fraction of sp³-hybridized carbons (Fsp3) is 0.625. The molecule has 0 fully saturated rings. The van der Waals surface area contributed by atoms with Crippen molar-refractivity contribution < 1.29 is 4.79 Å². The number of hydrogen-bond donors (Lipinski definition) is 2. The summed E-state index contributed by atoms with van der Waals surface area (Å²) in [5.41, 5.74) is 0. The second-order valence-corrected chi connectivity index (χ2v) is 3.94.